The summed E-state index contributed by atoms with van der Waals surface area (Å²) in [7, 11) is 0. The maximum atomic E-state index is 12.7. The van der Waals surface area contributed by atoms with Gasteiger partial charge < -0.3 is 20.9 Å². The van der Waals surface area contributed by atoms with E-state index in [1.54, 1.807) is 6.07 Å². The molecule has 1 saturated carbocycles. The molecule has 2 unspecified atom stereocenters. The van der Waals surface area contributed by atoms with Gasteiger partial charge in [-0.1, -0.05) is 55.5 Å². The highest BCUT2D eigenvalue weighted by atomic mass is 35.5. The molecule has 0 spiro atoms. The molecule has 2 aromatic carbocycles. The van der Waals surface area contributed by atoms with E-state index in [0.717, 1.165) is 43.3 Å². The Morgan fingerprint density at radius 1 is 1.13 bits per heavy atom. The zero-order valence-corrected chi connectivity index (χ0v) is 24.1. The topological polar surface area (TPSA) is 68.8 Å². The summed E-state index contributed by atoms with van der Waals surface area (Å²) in [5, 5.41) is 11.4. The molecule has 2 aromatic rings. The Balaban J connectivity index is 1.40. The molecule has 0 radical (unpaired) electrons. The van der Waals surface area contributed by atoms with Crippen molar-refractivity contribution in [2.45, 2.75) is 70.9 Å². The van der Waals surface area contributed by atoms with Gasteiger partial charge in [-0.05, 0) is 80.5 Å². The highest BCUT2D eigenvalue weighted by molar-refractivity contribution is 6.35. The smallest absolute Gasteiger partial charge is 0.251 e. The van der Waals surface area contributed by atoms with Crippen molar-refractivity contribution in [3.8, 4) is 0 Å². The summed E-state index contributed by atoms with van der Waals surface area (Å²) in [5.74, 6) is 1.53. The first-order valence-corrected chi connectivity index (χ1v) is 14.8. The molecule has 4 rings (SSSR count). The van der Waals surface area contributed by atoms with Crippen LogP contribution in [0.2, 0.25) is 10.0 Å². The van der Waals surface area contributed by atoms with E-state index in [9.17, 15) is 4.79 Å². The quantitative estimate of drug-likeness (QED) is 0.260. The normalized spacial score (nSPS) is 22.3. The summed E-state index contributed by atoms with van der Waals surface area (Å²) in [5.41, 5.74) is 2.54. The van der Waals surface area contributed by atoms with Crippen molar-refractivity contribution in [3.63, 3.8) is 0 Å². The first kappa shape index (κ1) is 28.7. The van der Waals surface area contributed by atoms with Crippen molar-refractivity contribution in [2.75, 3.05) is 31.5 Å². The van der Waals surface area contributed by atoms with Gasteiger partial charge in [0.1, 0.15) is 0 Å². The molecule has 6 nitrogen and oxygen atoms in total. The second kappa shape index (κ2) is 14.2. The number of piperazine rings is 1. The first-order valence-electron chi connectivity index (χ1n) is 14.1. The summed E-state index contributed by atoms with van der Waals surface area (Å²) in [6.45, 7) is 7.80. The zero-order chi connectivity index (χ0) is 26.9. The fourth-order valence-corrected chi connectivity index (χ4v) is 6.01. The van der Waals surface area contributed by atoms with Gasteiger partial charge >= 0.3 is 0 Å². The standard InChI is InChI=1S/C30H41Cl2N5O/c1-3-6-23-7-4-5-8-28(23)36-30(37-18-17-33-21(2)20-37)35-26-13-10-24(11-14-26)29(38)34-16-15-22-9-12-25(31)19-27(22)32/h9-14,19,21,23,28,33H,3-8,15-18,20H2,1-2H3,(H,34,38)(H,35,36)/t21-,23?,28?/m0/s1. The van der Waals surface area contributed by atoms with Crippen LogP contribution in [0.1, 0.15) is 68.3 Å². The molecular formula is C30H41Cl2N5O. The van der Waals surface area contributed by atoms with Crippen LogP contribution in [0.15, 0.2) is 47.5 Å². The van der Waals surface area contributed by atoms with Crippen molar-refractivity contribution >= 4 is 40.8 Å². The van der Waals surface area contributed by atoms with E-state index in [0.29, 0.717) is 46.6 Å². The Hall–Kier alpha value is -2.28. The molecule has 1 heterocycles. The molecule has 2 fully saturated rings. The molecular weight excluding hydrogens is 517 g/mol. The number of aliphatic imine (C=N–C) groups is 1. The number of nitrogens with zero attached hydrogens (tertiary/aromatic N) is 2. The van der Waals surface area contributed by atoms with Crippen LogP contribution < -0.4 is 16.0 Å². The van der Waals surface area contributed by atoms with Crippen LogP contribution in [0.4, 0.5) is 5.69 Å². The number of carbonyl (C=O) groups is 1. The summed E-state index contributed by atoms with van der Waals surface area (Å²) in [6, 6.07) is 13.9. The summed E-state index contributed by atoms with van der Waals surface area (Å²) >= 11 is 12.2. The molecule has 1 saturated heterocycles. The van der Waals surface area contributed by atoms with Gasteiger partial charge in [-0.15, -0.1) is 0 Å². The lowest BCUT2D eigenvalue weighted by Gasteiger charge is -2.36. The van der Waals surface area contributed by atoms with E-state index in [1.807, 2.05) is 36.4 Å². The van der Waals surface area contributed by atoms with E-state index < -0.39 is 0 Å². The lowest BCUT2D eigenvalue weighted by atomic mass is 9.82. The number of guanidine groups is 1. The van der Waals surface area contributed by atoms with Crippen molar-refractivity contribution in [3.05, 3.63) is 63.6 Å². The molecule has 3 atom stereocenters. The molecule has 1 aliphatic carbocycles. The molecule has 206 valence electrons. The van der Waals surface area contributed by atoms with Crippen LogP contribution in [0.25, 0.3) is 0 Å². The van der Waals surface area contributed by atoms with Crippen molar-refractivity contribution < 1.29 is 4.79 Å². The Kier molecular flexibility index (Phi) is 10.7. The SMILES string of the molecule is CCCC1CCCCC1N=C(Nc1ccc(C(=O)NCCc2ccc(Cl)cc2Cl)cc1)N1CCN[C@@H](C)C1. The van der Waals surface area contributed by atoms with Gasteiger partial charge in [0, 0.05) is 53.5 Å². The van der Waals surface area contributed by atoms with Crippen LogP contribution in [0.3, 0.4) is 0 Å². The number of nitrogens with one attached hydrogen (secondary N) is 3. The van der Waals surface area contributed by atoms with E-state index in [1.165, 1.54) is 32.1 Å². The van der Waals surface area contributed by atoms with E-state index in [-0.39, 0.29) is 5.91 Å². The summed E-state index contributed by atoms with van der Waals surface area (Å²) < 4.78 is 0. The minimum Gasteiger partial charge on any atom is -0.352 e. The fraction of sp³-hybridized carbons (Fsp3) is 0.533. The largest absolute Gasteiger partial charge is 0.352 e. The van der Waals surface area contributed by atoms with Crippen molar-refractivity contribution in [2.24, 2.45) is 10.9 Å². The summed E-state index contributed by atoms with van der Waals surface area (Å²) in [6.07, 6.45) is 8.12. The molecule has 38 heavy (non-hydrogen) atoms. The van der Waals surface area contributed by atoms with Crippen LogP contribution in [-0.4, -0.2) is 55.0 Å². The van der Waals surface area contributed by atoms with Gasteiger partial charge in [0.2, 0.25) is 0 Å². The number of rotatable bonds is 8. The molecule has 8 heteroatoms. The van der Waals surface area contributed by atoms with Gasteiger partial charge in [0.05, 0.1) is 6.04 Å². The molecule has 1 amide bonds. The van der Waals surface area contributed by atoms with Gasteiger partial charge in [-0.25, -0.2) is 4.99 Å². The molecule has 3 N–H and O–H groups in total. The third kappa shape index (κ3) is 8.11. The number of benzene rings is 2. The fourth-order valence-electron chi connectivity index (χ4n) is 5.51. The lowest BCUT2D eigenvalue weighted by molar-refractivity contribution is 0.0954. The van der Waals surface area contributed by atoms with Crippen molar-refractivity contribution in [1.82, 2.24) is 15.5 Å². The highest BCUT2D eigenvalue weighted by Gasteiger charge is 2.27. The number of anilines is 1. The van der Waals surface area contributed by atoms with Gasteiger partial charge in [0.15, 0.2) is 5.96 Å². The third-order valence-corrected chi connectivity index (χ3v) is 8.17. The lowest BCUT2D eigenvalue weighted by Crippen LogP contribution is -2.53. The monoisotopic (exact) mass is 557 g/mol. The Bertz CT molecular complexity index is 1090. The second-order valence-electron chi connectivity index (χ2n) is 10.6. The maximum absolute atomic E-state index is 12.7. The number of hydrogen-bond acceptors (Lipinski definition) is 3. The predicted octanol–water partition coefficient (Wildman–Crippen LogP) is 6.39. The van der Waals surface area contributed by atoms with E-state index in [4.69, 9.17) is 28.2 Å². The zero-order valence-electron chi connectivity index (χ0n) is 22.6. The average Bonchev–Trinajstić information content (AvgIpc) is 2.91. The van der Waals surface area contributed by atoms with Crippen LogP contribution in [-0.2, 0) is 6.42 Å². The Morgan fingerprint density at radius 3 is 2.66 bits per heavy atom. The first-order chi connectivity index (χ1) is 18.4. The van der Waals surface area contributed by atoms with Crippen molar-refractivity contribution in [1.29, 1.82) is 0 Å². The van der Waals surface area contributed by atoms with Gasteiger partial charge in [0.25, 0.3) is 5.91 Å². The maximum Gasteiger partial charge on any atom is 0.251 e. The number of hydrogen-bond donors (Lipinski definition) is 3. The molecule has 2 aliphatic rings. The van der Waals surface area contributed by atoms with Gasteiger partial charge in [-0.3, -0.25) is 4.79 Å². The third-order valence-electron chi connectivity index (χ3n) is 7.58. The average molecular weight is 559 g/mol. The predicted molar refractivity (Wildman–Crippen MR) is 160 cm³/mol. The highest BCUT2D eigenvalue weighted by Crippen LogP contribution is 2.31. The van der Waals surface area contributed by atoms with E-state index in [2.05, 4.69) is 34.7 Å². The minimum atomic E-state index is -0.101. The summed E-state index contributed by atoms with van der Waals surface area (Å²) in [4.78, 5) is 20.4. The van der Waals surface area contributed by atoms with Crippen LogP contribution >= 0.6 is 23.2 Å². The van der Waals surface area contributed by atoms with Gasteiger partial charge in [-0.2, -0.15) is 0 Å². The number of carbonyl (C=O) groups excluding carboxylic acids is 1. The second-order valence-corrected chi connectivity index (χ2v) is 11.4. The minimum absolute atomic E-state index is 0.101. The van der Waals surface area contributed by atoms with Crippen LogP contribution in [0, 0.1) is 5.92 Å². The van der Waals surface area contributed by atoms with Crippen LogP contribution in [0.5, 0.6) is 0 Å². The Morgan fingerprint density at radius 2 is 1.92 bits per heavy atom. The number of halogens is 2. The number of amides is 1. The Labute approximate surface area is 237 Å². The van der Waals surface area contributed by atoms with E-state index >= 15 is 0 Å². The molecule has 0 bridgehead atoms. The molecule has 0 aromatic heterocycles. The molecule has 1 aliphatic heterocycles.